The molecule has 0 amide bonds. The fraction of sp³-hybridized carbons (Fsp3) is 0.0417. The van der Waals surface area contributed by atoms with Crippen LogP contribution in [-0.4, -0.2) is 20.4 Å². The lowest BCUT2D eigenvalue weighted by Gasteiger charge is -2.02. The molecule has 5 heteroatoms. The fourth-order valence-corrected chi connectivity index (χ4v) is 4.15. The minimum atomic E-state index is 0.0620. The number of rotatable bonds is 4. The molecule has 0 aliphatic carbocycles. The molecule has 0 atom stereocenters. The van der Waals surface area contributed by atoms with E-state index in [-0.39, 0.29) is 5.78 Å². The Morgan fingerprint density at radius 3 is 2.07 bits per heavy atom. The number of aromatic nitrogens is 3. The van der Waals surface area contributed by atoms with E-state index in [1.165, 1.54) is 11.1 Å². The molecule has 4 nitrogen and oxygen atoms in total. The smallest absolute Gasteiger partial charge is 0.213 e. The molecule has 29 heavy (non-hydrogen) atoms. The van der Waals surface area contributed by atoms with Gasteiger partial charge in [-0.3, -0.25) is 4.79 Å². The summed E-state index contributed by atoms with van der Waals surface area (Å²) in [5, 5.41) is 5.63. The van der Waals surface area contributed by atoms with Crippen LogP contribution in [0.4, 0.5) is 0 Å². The molecule has 0 saturated carbocycles. The van der Waals surface area contributed by atoms with Gasteiger partial charge in [0.15, 0.2) is 5.78 Å². The molecular formula is C24H17N3OS. The summed E-state index contributed by atoms with van der Waals surface area (Å²) in [6.07, 6.45) is 1.93. The number of benzene rings is 3. The van der Waals surface area contributed by atoms with Crippen LogP contribution in [0.3, 0.4) is 0 Å². The Morgan fingerprint density at radius 2 is 1.41 bits per heavy atom. The van der Waals surface area contributed by atoms with Gasteiger partial charge in [-0.2, -0.15) is 5.10 Å². The lowest BCUT2D eigenvalue weighted by molar-refractivity contribution is 0.101. The molecule has 0 N–H and O–H groups in total. The van der Waals surface area contributed by atoms with Gasteiger partial charge in [-0.1, -0.05) is 90.2 Å². The van der Waals surface area contributed by atoms with Crippen molar-refractivity contribution in [3.05, 3.63) is 90.6 Å². The van der Waals surface area contributed by atoms with Crippen LogP contribution in [-0.2, 0) is 0 Å². The van der Waals surface area contributed by atoms with Crippen molar-refractivity contribution in [1.29, 1.82) is 0 Å². The van der Waals surface area contributed by atoms with Gasteiger partial charge in [0.25, 0.3) is 0 Å². The molecule has 2 heterocycles. The second-order valence-electron chi connectivity index (χ2n) is 6.84. The summed E-state index contributed by atoms with van der Waals surface area (Å²) in [5.41, 5.74) is 5.99. The van der Waals surface area contributed by atoms with Gasteiger partial charge < -0.3 is 0 Å². The summed E-state index contributed by atoms with van der Waals surface area (Å²) in [5.74, 6) is 0.0620. The Kier molecular flexibility index (Phi) is 4.30. The van der Waals surface area contributed by atoms with Gasteiger partial charge in [0.2, 0.25) is 4.96 Å². The number of carbonyl (C=O) groups excluding carboxylic acids is 1. The van der Waals surface area contributed by atoms with Crippen molar-refractivity contribution in [3.63, 3.8) is 0 Å². The van der Waals surface area contributed by atoms with Crippen LogP contribution < -0.4 is 0 Å². The van der Waals surface area contributed by atoms with E-state index in [2.05, 4.69) is 36.4 Å². The molecule has 140 valence electrons. The molecule has 2 aromatic heterocycles. The predicted molar refractivity (Wildman–Crippen MR) is 117 cm³/mol. The third-order valence-electron chi connectivity index (χ3n) is 4.87. The Morgan fingerprint density at radius 1 is 0.793 bits per heavy atom. The van der Waals surface area contributed by atoms with E-state index in [0.29, 0.717) is 5.56 Å². The second kappa shape index (κ2) is 7.11. The number of carbonyl (C=O) groups is 1. The van der Waals surface area contributed by atoms with Crippen LogP contribution in [0.2, 0.25) is 0 Å². The highest BCUT2D eigenvalue weighted by atomic mass is 32.1. The van der Waals surface area contributed by atoms with Crippen LogP contribution >= 0.6 is 11.3 Å². The average Bonchev–Trinajstić information content (AvgIpc) is 3.34. The van der Waals surface area contributed by atoms with Gasteiger partial charge in [-0.05, 0) is 18.1 Å². The van der Waals surface area contributed by atoms with E-state index in [1.807, 2.05) is 53.2 Å². The highest BCUT2D eigenvalue weighted by molar-refractivity contribution is 7.19. The maximum atomic E-state index is 11.4. The number of nitrogens with zero attached hydrogens (tertiary/aromatic N) is 3. The monoisotopic (exact) mass is 395 g/mol. The van der Waals surface area contributed by atoms with E-state index in [9.17, 15) is 4.79 Å². The van der Waals surface area contributed by atoms with Crippen LogP contribution in [0.1, 0.15) is 17.3 Å². The standard InChI is InChI=1S/C24H17N3OS/c1-16(28)17-7-11-20(12-8-17)22-15-27-24(25-22)29-23(26-27)21-13-9-19(10-14-21)18-5-3-2-4-6-18/h2-15H,1H3. The van der Waals surface area contributed by atoms with Crippen molar-refractivity contribution in [2.45, 2.75) is 6.92 Å². The van der Waals surface area contributed by atoms with Gasteiger partial charge in [0.05, 0.1) is 11.9 Å². The van der Waals surface area contributed by atoms with E-state index < -0.39 is 0 Å². The normalized spacial score (nSPS) is 11.1. The number of ketones is 1. The van der Waals surface area contributed by atoms with Crippen LogP contribution in [0.5, 0.6) is 0 Å². The summed E-state index contributed by atoms with van der Waals surface area (Å²) >= 11 is 1.56. The van der Waals surface area contributed by atoms with E-state index >= 15 is 0 Å². The van der Waals surface area contributed by atoms with Crippen LogP contribution in [0.15, 0.2) is 85.1 Å². The zero-order valence-corrected chi connectivity index (χ0v) is 16.6. The topological polar surface area (TPSA) is 47.3 Å². The number of fused-ring (bicyclic) bond motifs is 1. The van der Waals surface area contributed by atoms with Gasteiger partial charge in [-0.25, -0.2) is 9.50 Å². The number of imidazole rings is 1. The number of Topliss-reactive ketones (excluding diaryl/α,β-unsaturated/α-hetero) is 1. The fourth-order valence-electron chi connectivity index (χ4n) is 3.27. The summed E-state index contributed by atoms with van der Waals surface area (Å²) in [6.45, 7) is 1.57. The summed E-state index contributed by atoms with van der Waals surface area (Å²) < 4.78 is 1.82. The largest absolute Gasteiger partial charge is 0.295 e. The molecule has 0 aliphatic heterocycles. The van der Waals surface area contributed by atoms with Gasteiger partial charge in [0.1, 0.15) is 5.01 Å². The first kappa shape index (κ1) is 17.5. The lowest BCUT2D eigenvalue weighted by Crippen LogP contribution is -1.90. The maximum absolute atomic E-state index is 11.4. The SMILES string of the molecule is CC(=O)c1ccc(-c2cn3nc(-c4ccc(-c5ccccc5)cc4)sc3n2)cc1. The van der Waals surface area contributed by atoms with Gasteiger partial charge in [-0.15, -0.1) is 0 Å². The van der Waals surface area contributed by atoms with Crippen molar-refractivity contribution < 1.29 is 4.79 Å². The Hall–Kier alpha value is -3.57. The van der Waals surface area contributed by atoms with Crippen molar-refractivity contribution in [2.24, 2.45) is 0 Å². The molecule has 5 aromatic rings. The van der Waals surface area contributed by atoms with Crippen molar-refractivity contribution in [3.8, 4) is 33.0 Å². The first-order valence-corrected chi connectivity index (χ1v) is 10.1. The average molecular weight is 395 g/mol. The summed E-state index contributed by atoms with van der Waals surface area (Å²) in [6, 6.07) is 26.3. The lowest BCUT2D eigenvalue weighted by atomic mass is 10.0. The highest BCUT2D eigenvalue weighted by Crippen LogP contribution is 2.30. The van der Waals surface area contributed by atoms with Gasteiger partial charge >= 0.3 is 0 Å². The number of hydrogen-bond acceptors (Lipinski definition) is 4. The summed E-state index contributed by atoms with van der Waals surface area (Å²) in [7, 11) is 0. The zero-order valence-electron chi connectivity index (χ0n) is 15.7. The minimum absolute atomic E-state index is 0.0620. The molecule has 0 aliphatic rings. The molecule has 0 spiro atoms. The molecule has 0 unspecified atom stereocenters. The quantitative estimate of drug-likeness (QED) is 0.351. The molecular weight excluding hydrogens is 378 g/mol. The molecule has 0 fully saturated rings. The van der Waals surface area contributed by atoms with Crippen molar-refractivity contribution in [2.75, 3.05) is 0 Å². The Labute approximate surface area is 172 Å². The van der Waals surface area contributed by atoms with Crippen LogP contribution in [0.25, 0.3) is 37.9 Å². The molecule has 0 bridgehead atoms. The minimum Gasteiger partial charge on any atom is -0.295 e. The van der Waals surface area contributed by atoms with Gasteiger partial charge in [0, 0.05) is 16.7 Å². The summed E-state index contributed by atoms with van der Waals surface area (Å²) in [4.78, 5) is 17.0. The first-order chi connectivity index (χ1) is 14.2. The predicted octanol–water partition coefficient (Wildman–Crippen LogP) is 5.99. The molecule has 3 aromatic carbocycles. The zero-order chi connectivity index (χ0) is 19.8. The van der Waals surface area contributed by atoms with E-state index in [0.717, 1.165) is 26.8 Å². The van der Waals surface area contributed by atoms with E-state index in [1.54, 1.807) is 18.3 Å². The third kappa shape index (κ3) is 3.37. The highest BCUT2D eigenvalue weighted by Gasteiger charge is 2.12. The third-order valence-corrected chi connectivity index (χ3v) is 5.84. The van der Waals surface area contributed by atoms with Crippen LogP contribution in [0, 0.1) is 0 Å². The van der Waals surface area contributed by atoms with Crippen molar-refractivity contribution >= 4 is 22.1 Å². The Bertz CT molecular complexity index is 1270. The maximum Gasteiger partial charge on any atom is 0.213 e. The number of hydrogen-bond donors (Lipinski definition) is 0. The molecule has 0 radical (unpaired) electrons. The second-order valence-corrected chi connectivity index (χ2v) is 7.79. The van der Waals surface area contributed by atoms with Crippen molar-refractivity contribution in [1.82, 2.24) is 14.6 Å². The molecule has 0 saturated heterocycles. The molecule has 5 rings (SSSR count). The van der Waals surface area contributed by atoms with E-state index in [4.69, 9.17) is 10.1 Å². The first-order valence-electron chi connectivity index (χ1n) is 9.31. The Balaban J connectivity index is 1.42.